The van der Waals surface area contributed by atoms with Gasteiger partial charge in [-0.25, -0.2) is 9.78 Å². The molecule has 0 aliphatic heterocycles. The number of carbonyl (C=O) groups is 1. The van der Waals surface area contributed by atoms with Gasteiger partial charge in [0.05, 0.1) is 18.7 Å². The molecule has 0 saturated carbocycles. The average Bonchev–Trinajstić information content (AvgIpc) is 2.47. The summed E-state index contributed by atoms with van der Waals surface area (Å²) in [5.41, 5.74) is 1.55. The predicted molar refractivity (Wildman–Crippen MR) is 70.0 cm³/mol. The van der Waals surface area contributed by atoms with Crippen LogP contribution >= 0.6 is 0 Å². The van der Waals surface area contributed by atoms with Crippen LogP contribution in [0.3, 0.4) is 0 Å². The molecule has 0 atom stereocenters. The summed E-state index contributed by atoms with van der Waals surface area (Å²) < 4.78 is 4.69. The minimum absolute atomic E-state index is 0.340. The molecule has 0 fully saturated rings. The second-order valence-corrected chi connectivity index (χ2v) is 3.71. The van der Waals surface area contributed by atoms with Crippen LogP contribution in [0.1, 0.15) is 15.9 Å². The van der Waals surface area contributed by atoms with Gasteiger partial charge in [0, 0.05) is 11.9 Å². The van der Waals surface area contributed by atoms with Crippen LogP contribution in [0.4, 0.5) is 11.5 Å². The normalized spacial score (nSPS) is 9.47. The lowest BCUT2D eigenvalue weighted by Crippen LogP contribution is -2.07. The van der Waals surface area contributed by atoms with Crippen molar-refractivity contribution in [2.45, 2.75) is 0 Å². The minimum Gasteiger partial charge on any atom is -0.465 e. The number of rotatable bonds is 3. The van der Waals surface area contributed by atoms with Gasteiger partial charge in [0.1, 0.15) is 11.4 Å². The van der Waals surface area contributed by atoms with Crippen LogP contribution in [0.15, 0.2) is 42.6 Å². The lowest BCUT2D eigenvalue weighted by Gasteiger charge is -2.09. The molecule has 0 unspecified atom stereocenters. The number of hydrogen-bond acceptors (Lipinski definition) is 5. The molecule has 94 valence electrons. The van der Waals surface area contributed by atoms with E-state index in [0.717, 1.165) is 0 Å². The van der Waals surface area contributed by atoms with Crippen molar-refractivity contribution >= 4 is 17.5 Å². The third-order valence-electron chi connectivity index (χ3n) is 2.47. The van der Waals surface area contributed by atoms with Crippen molar-refractivity contribution in [1.82, 2.24) is 4.98 Å². The van der Waals surface area contributed by atoms with E-state index in [1.165, 1.54) is 7.11 Å². The molecule has 1 N–H and O–H groups in total. The molecule has 1 aromatic carbocycles. The minimum atomic E-state index is -0.466. The first-order valence-electron chi connectivity index (χ1n) is 5.55. The number of esters is 1. The highest BCUT2D eigenvalue weighted by Crippen LogP contribution is 2.19. The van der Waals surface area contributed by atoms with Crippen LogP contribution in [0.2, 0.25) is 0 Å². The molecular formula is C14H11N3O2. The van der Waals surface area contributed by atoms with E-state index in [-0.39, 0.29) is 0 Å². The van der Waals surface area contributed by atoms with Crippen molar-refractivity contribution in [3.8, 4) is 6.07 Å². The van der Waals surface area contributed by atoms with E-state index in [0.29, 0.717) is 22.6 Å². The van der Waals surface area contributed by atoms with Crippen LogP contribution in [0, 0.1) is 11.3 Å². The van der Waals surface area contributed by atoms with Crippen molar-refractivity contribution in [2.75, 3.05) is 12.4 Å². The van der Waals surface area contributed by atoms with Crippen LogP contribution in [0.25, 0.3) is 0 Å². The van der Waals surface area contributed by atoms with Gasteiger partial charge < -0.3 is 10.1 Å². The Kier molecular flexibility index (Phi) is 3.74. The Bertz CT molecular complexity index is 647. The van der Waals surface area contributed by atoms with E-state index in [9.17, 15) is 4.79 Å². The number of nitriles is 1. The third kappa shape index (κ3) is 2.87. The monoisotopic (exact) mass is 253 g/mol. The summed E-state index contributed by atoms with van der Waals surface area (Å²) in [6.45, 7) is 0. The molecule has 0 aliphatic rings. The Morgan fingerprint density at radius 2 is 2.21 bits per heavy atom. The number of nitrogens with one attached hydrogen (secondary N) is 1. The number of methoxy groups -OCH3 is 1. The van der Waals surface area contributed by atoms with Crippen molar-refractivity contribution in [3.63, 3.8) is 0 Å². The van der Waals surface area contributed by atoms with Gasteiger partial charge in [0.25, 0.3) is 0 Å². The van der Waals surface area contributed by atoms with Gasteiger partial charge in [0.15, 0.2) is 0 Å². The summed E-state index contributed by atoms with van der Waals surface area (Å²) in [6, 6.07) is 12.2. The van der Waals surface area contributed by atoms with E-state index in [1.807, 2.05) is 6.07 Å². The Morgan fingerprint density at radius 1 is 1.37 bits per heavy atom. The lowest BCUT2D eigenvalue weighted by molar-refractivity contribution is 0.0601. The highest BCUT2D eigenvalue weighted by atomic mass is 16.5. The van der Waals surface area contributed by atoms with Gasteiger partial charge in [-0.1, -0.05) is 6.07 Å². The van der Waals surface area contributed by atoms with Crippen LogP contribution < -0.4 is 5.32 Å². The van der Waals surface area contributed by atoms with Crippen molar-refractivity contribution < 1.29 is 9.53 Å². The standard InChI is InChI=1S/C14H11N3O2/c1-19-14(18)12-6-3-7-16-13(12)17-11-5-2-4-10(8-11)9-15/h2-8H,1H3,(H,16,17). The Balaban J connectivity index is 2.33. The number of nitrogens with zero attached hydrogens (tertiary/aromatic N) is 2. The molecule has 0 saturated heterocycles. The van der Waals surface area contributed by atoms with Crippen LogP contribution in [0.5, 0.6) is 0 Å². The summed E-state index contributed by atoms with van der Waals surface area (Å²) in [7, 11) is 1.31. The Labute approximate surface area is 110 Å². The van der Waals surface area contributed by atoms with Crippen molar-refractivity contribution in [1.29, 1.82) is 5.26 Å². The Hall–Kier alpha value is -2.87. The van der Waals surface area contributed by atoms with Gasteiger partial charge in [0.2, 0.25) is 0 Å². The molecule has 1 aromatic heterocycles. The molecule has 2 rings (SSSR count). The molecule has 0 spiro atoms. The molecular weight excluding hydrogens is 242 g/mol. The number of hydrogen-bond donors (Lipinski definition) is 1. The highest BCUT2D eigenvalue weighted by Gasteiger charge is 2.12. The Morgan fingerprint density at radius 3 is 2.95 bits per heavy atom. The van der Waals surface area contributed by atoms with Crippen molar-refractivity contribution in [3.05, 3.63) is 53.7 Å². The predicted octanol–water partition coefficient (Wildman–Crippen LogP) is 2.48. The summed E-state index contributed by atoms with van der Waals surface area (Å²) >= 11 is 0. The second kappa shape index (κ2) is 5.65. The third-order valence-corrected chi connectivity index (χ3v) is 2.47. The fourth-order valence-electron chi connectivity index (χ4n) is 1.58. The zero-order chi connectivity index (χ0) is 13.7. The smallest absolute Gasteiger partial charge is 0.341 e. The van der Waals surface area contributed by atoms with Crippen LogP contribution in [-0.2, 0) is 4.74 Å². The maximum atomic E-state index is 11.6. The number of ether oxygens (including phenoxy) is 1. The van der Waals surface area contributed by atoms with Gasteiger partial charge in [-0.15, -0.1) is 0 Å². The van der Waals surface area contributed by atoms with Gasteiger partial charge in [-0.05, 0) is 30.3 Å². The largest absolute Gasteiger partial charge is 0.465 e. The SMILES string of the molecule is COC(=O)c1cccnc1Nc1cccc(C#N)c1. The first-order valence-corrected chi connectivity index (χ1v) is 5.55. The molecule has 1 heterocycles. The van der Waals surface area contributed by atoms with Gasteiger partial charge >= 0.3 is 5.97 Å². The summed E-state index contributed by atoms with van der Waals surface area (Å²) in [5, 5.41) is 11.8. The molecule has 5 heteroatoms. The van der Waals surface area contributed by atoms with E-state index >= 15 is 0 Å². The first kappa shape index (κ1) is 12.6. The van der Waals surface area contributed by atoms with Crippen LogP contribution in [-0.4, -0.2) is 18.1 Å². The molecule has 0 aliphatic carbocycles. The lowest BCUT2D eigenvalue weighted by atomic mass is 10.2. The number of aromatic nitrogens is 1. The van der Waals surface area contributed by atoms with E-state index in [4.69, 9.17) is 5.26 Å². The van der Waals surface area contributed by atoms with E-state index in [1.54, 1.807) is 42.6 Å². The van der Waals surface area contributed by atoms with E-state index in [2.05, 4.69) is 15.0 Å². The number of pyridine rings is 1. The summed E-state index contributed by atoms with van der Waals surface area (Å²) in [6.07, 6.45) is 1.57. The molecule has 0 amide bonds. The zero-order valence-corrected chi connectivity index (χ0v) is 10.3. The fraction of sp³-hybridized carbons (Fsp3) is 0.0714. The highest BCUT2D eigenvalue weighted by molar-refractivity contribution is 5.95. The first-order chi connectivity index (χ1) is 9.24. The average molecular weight is 253 g/mol. The zero-order valence-electron chi connectivity index (χ0n) is 10.3. The molecule has 19 heavy (non-hydrogen) atoms. The fourth-order valence-corrected chi connectivity index (χ4v) is 1.58. The van der Waals surface area contributed by atoms with Gasteiger partial charge in [-0.2, -0.15) is 5.26 Å². The van der Waals surface area contributed by atoms with Crippen molar-refractivity contribution in [2.24, 2.45) is 0 Å². The number of anilines is 2. The van der Waals surface area contributed by atoms with Gasteiger partial charge in [-0.3, -0.25) is 0 Å². The summed E-state index contributed by atoms with van der Waals surface area (Å²) in [5.74, 6) is -0.0727. The quantitative estimate of drug-likeness (QED) is 0.850. The van der Waals surface area contributed by atoms with E-state index < -0.39 is 5.97 Å². The summed E-state index contributed by atoms with van der Waals surface area (Å²) in [4.78, 5) is 15.7. The molecule has 5 nitrogen and oxygen atoms in total. The second-order valence-electron chi connectivity index (χ2n) is 3.71. The maximum Gasteiger partial charge on any atom is 0.341 e. The number of benzene rings is 1. The number of carbonyl (C=O) groups excluding carboxylic acids is 1. The maximum absolute atomic E-state index is 11.6. The molecule has 0 radical (unpaired) electrons. The molecule has 0 bridgehead atoms. The molecule has 2 aromatic rings. The topological polar surface area (TPSA) is 75.0 Å².